The lowest BCUT2D eigenvalue weighted by Gasteiger charge is -2.27. The first-order valence-corrected chi connectivity index (χ1v) is 9.10. The van der Waals surface area contributed by atoms with Crippen LogP contribution in [-0.2, 0) is 5.60 Å². The molecule has 0 saturated heterocycles. The van der Waals surface area contributed by atoms with E-state index in [1.807, 2.05) is 60.7 Å². The molecule has 0 unspecified atom stereocenters. The summed E-state index contributed by atoms with van der Waals surface area (Å²) in [6, 6.07) is 19.7. The Kier molecular flexibility index (Phi) is 3.79. The summed E-state index contributed by atoms with van der Waals surface area (Å²) in [5, 5.41) is 11.8. The lowest BCUT2D eigenvalue weighted by molar-refractivity contribution is 0.130. The minimum absolute atomic E-state index is 0.723. The van der Waals surface area contributed by atoms with Crippen molar-refractivity contribution >= 4 is 31.9 Å². The zero-order valence-electron chi connectivity index (χ0n) is 12.9. The van der Waals surface area contributed by atoms with E-state index in [0.717, 1.165) is 42.5 Å². The number of benzene rings is 3. The monoisotopic (exact) mass is 444 g/mol. The van der Waals surface area contributed by atoms with Crippen LogP contribution in [0.1, 0.15) is 16.7 Å². The van der Waals surface area contributed by atoms with Crippen molar-refractivity contribution in [2.24, 2.45) is 0 Å². The molecule has 0 saturated carbocycles. The van der Waals surface area contributed by atoms with Gasteiger partial charge in [0.05, 0.1) is 7.11 Å². The van der Waals surface area contributed by atoms with Crippen molar-refractivity contribution in [2.45, 2.75) is 5.60 Å². The number of halogens is 2. The maximum atomic E-state index is 11.8. The van der Waals surface area contributed by atoms with Gasteiger partial charge in [0.2, 0.25) is 0 Å². The zero-order chi connectivity index (χ0) is 16.9. The highest BCUT2D eigenvalue weighted by atomic mass is 79.9. The fraction of sp³-hybridized carbons (Fsp3) is 0.100. The van der Waals surface area contributed by atoms with E-state index in [-0.39, 0.29) is 0 Å². The Labute approximate surface area is 157 Å². The van der Waals surface area contributed by atoms with Crippen LogP contribution in [0.15, 0.2) is 69.6 Å². The van der Waals surface area contributed by atoms with Crippen molar-refractivity contribution in [2.75, 3.05) is 7.11 Å². The summed E-state index contributed by atoms with van der Waals surface area (Å²) in [7, 11) is 1.63. The summed E-state index contributed by atoms with van der Waals surface area (Å²) in [5.41, 5.74) is 3.42. The highest BCUT2D eigenvalue weighted by molar-refractivity contribution is 9.10. The molecule has 0 aromatic heterocycles. The Morgan fingerprint density at radius 2 is 1.42 bits per heavy atom. The third-order valence-corrected chi connectivity index (χ3v) is 5.51. The van der Waals surface area contributed by atoms with E-state index in [0.29, 0.717) is 0 Å². The molecule has 1 aliphatic rings. The van der Waals surface area contributed by atoms with Crippen molar-refractivity contribution in [1.29, 1.82) is 0 Å². The Hall–Kier alpha value is -1.62. The van der Waals surface area contributed by atoms with Crippen LogP contribution in [0.2, 0.25) is 0 Å². The fourth-order valence-corrected chi connectivity index (χ4v) is 4.13. The van der Waals surface area contributed by atoms with Gasteiger partial charge in [0, 0.05) is 20.1 Å². The molecule has 0 radical (unpaired) electrons. The first kappa shape index (κ1) is 15.9. The summed E-state index contributed by atoms with van der Waals surface area (Å²) in [6.45, 7) is 0. The van der Waals surface area contributed by atoms with E-state index in [2.05, 4.69) is 31.9 Å². The molecular formula is C20H14Br2O2. The number of hydrogen-bond donors (Lipinski definition) is 1. The van der Waals surface area contributed by atoms with Crippen LogP contribution < -0.4 is 4.74 Å². The van der Waals surface area contributed by atoms with Gasteiger partial charge in [-0.25, -0.2) is 0 Å². The second-order valence-electron chi connectivity index (χ2n) is 5.82. The number of rotatable bonds is 2. The van der Waals surface area contributed by atoms with Crippen LogP contribution in [0.4, 0.5) is 0 Å². The quantitative estimate of drug-likeness (QED) is 0.565. The van der Waals surface area contributed by atoms with Gasteiger partial charge in [0.25, 0.3) is 0 Å². The van der Waals surface area contributed by atoms with Gasteiger partial charge in [-0.2, -0.15) is 0 Å². The molecule has 0 spiro atoms. The van der Waals surface area contributed by atoms with Gasteiger partial charge in [-0.15, -0.1) is 0 Å². The average molecular weight is 446 g/mol. The van der Waals surface area contributed by atoms with Crippen molar-refractivity contribution in [3.63, 3.8) is 0 Å². The molecule has 0 heterocycles. The van der Waals surface area contributed by atoms with Crippen LogP contribution in [0.25, 0.3) is 11.1 Å². The second-order valence-corrected chi connectivity index (χ2v) is 7.65. The number of ether oxygens (including phenoxy) is 1. The molecule has 2 nitrogen and oxygen atoms in total. The number of methoxy groups -OCH3 is 1. The predicted molar refractivity (Wildman–Crippen MR) is 102 cm³/mol. The Morgan fingerprint density at radius 3 is 1.96 bits per heavy atom. The second kappa shape index (κ2) is 5.73. The zero-order valence-corrected chi connectivity index (χ0v) is 16.1. The van der Waals surface area contributed by atoms with Gasteiger partial charge < -0.3 is 9.84 Å². The third kappa shape index (κ3) is 2.25. The van der Waals surface area contributed by atoms with Gasteiger partial charge in [-0.05, 0) is 53.1 Å². The van der Waals surface area contributed by atoms with Crippen molar-refractivity contribution in [3.05, 3.63) is 86.3 Å². The molecular weight excluding hydrogens is 432 g/mol. The largest absolute Gasteiger partial charge is 0.497 e. The highest BCUT2D eigenvalue weighted by Gasteiger charge is 2.43. The van der Waals surface area contributed by atoms with Gasteiger partial charge in [0.1, 0.15) is 11.4 Å². The van der Waals surface area contributed by atoms with Crippen molar-refractivity contribution in [3.8, 4) is 16.9 Å². The summed E-state index contributed by atoms with van der Waals surface area (Å²) >= 11 is 7.06. The number of hydrogen-bond acceptors (Lipinski definition) is 2. The predicted octanol–water partition coefficient (Wildman–Crippen LogP) is 5.48. The van der Waals surface area contributed by atoms with Gasteiger partial charge in [0.15, 0.2) is 0 Å². The number of fused-ring (bicyclic) bond motifs is 3. The molecule has 24 heavy (non-hydrogen) atoms. The summed E-state index contributed by atoms with van der Waals surface area (Å²) < 4.78 is 7.23. The van der Waals surface area contributed by atoms with Crippen LogP contribution in [0.3, 0.4) is 0 Å². The van der Waals surface area contributed by atoms with Crippen LogP contribution in [0.5, 0.6) is 5.75 Å². The smallest absolute Gasteiger partial charge is 0.141 e. The standard InChI is InChI=1S/C20H14Br2O2/c1-24-15-4-2-3-12(9-15)20(23)18-10-13(21)5-7-16(18)17-8-6-14(22)11-19(17)20/h2-11,23H,1H3. The molecule has 1 N–H and O–H groups in total. The molecule has 1 aliphatic carbocycles. The van der Waals surface area contributed by atoms with E-state index in [9.17, 15) is 5.11 Å². The topological polar surface area (TPSA) is 29.5 Å². The van der Waals surface area contributed by atoms with E-state index in [1.165, 1.54) is 0 Å². The maximum Gasteiger partial charge on any atom is 0.141 e. The van der Waals surface area contributed by atoms with E-state index < -0.39 is 5.60 Å². The maximum absolute atomic E-state index is 11.8. The van der Waals surface area contributed by atoms with Crippen molar-refractivity contribution in [1.82, 2.24) is 0 Å². The normalized spacial score (nSPS) is 14.2. The van der Waals surface area contributed by atoms with Crippen molar-refractivity contribution < 1.29 is 9.84 Å². The Morgan fingerprint density at radius 1 is 0.833 bits per heavy atom. The molecule has 120 valence electrons. The molecule has 4 heteroatoms. The molecule has 0 atom stereocenters. The first-order valence-electron chi connectivity index (χ1n) is 7.51. The SMILES string of the molecule is COc1cccc(C2(O)c3cc(Br)ccc3-c3ccc(Br)cc32)c1. The van der Waals surface area contributed by atoms with Gasteiger partial charge in [-0.1, -0.05) is 56.1 Å². The van der Waals surface area contributed by atoms with E-state index >= 15 is 0 Å². The molecule has 4 rings (SSSR count). The van der Waals surface area contributed by atoms with E-state index in [4.69, 9.17) is 4.74 Å². The van der Waals surface area contributed by atoms with Crippen LogP contribution in [0, 0.1) is 0 Å². The highest BCUT2D eigenvalue weighted by Crippen LogP contribution is 2.52. The molecule has 3 aromatic carbocycles. The molecule has 0 fully saturated rings. The van der Waals surface area contributed by atoms with E-state index in [1.54, 1.807) is 7.11 Å². The molecule has 0 aliphatic heterocycles. The number of aliphatic hydroxyl groups is 1. The Bertz CT molecular complexity index is 899. The minimum Gasteiger partial charge on any atom is -0.497 e. The van der Waals surface area contributed by atoms with Gasteiger partial charge in [-0.3, -0.25) is 0 Å². The summed E-state index contributed by atoms with van der Waals surface area (Å²) in [5.74, 6) is 0.723. The molecule has 0 amide bonds. The summed E-state index contributed by atoms with van der Waals surface area (Å²) in [4.78, 5) is 0. The Balaban J connectivity index is 2.07. The molecule has 0 bridgehead atoms. The molecule has 3 aromatic rings. The summed E-state index contributed by atoms with van der Waals surface area (Å²) in [6.07, 6.45) is 0. The van der Waals surface area contributed by atoms with Gasteiger partial charge >= 0.3 is 0 Å². The average Bonchev–Trinajstić information content (AvgIpc) is 2.84. The van der Waals surface area contributed by atoms with Crippen LogP contribution in [-0.4, -0.2) is 12.2 Å². The third-order valence-electron chi connectivity index (χ3n) is 4.52. The first-order chi connectivity index (χ1) is 11.5. The lowest BCUT2D eigenvalue weighted by Crippen LogP contribution is -2.26. The van der Waals surface area contributed by atoms with Crippen LogP contribution >= 0.6 is 31.9 Å². The lowest BCUT2D eigenvalue weighted by atomic mass is 9.84. The minimum atomic E-state index is -1.22. The fourth-order valence-electron chi connectivity index (χ4n) is 3.41.